The van der Waals surface area contributed by atoms with Gasteiger partial charge in [-0.05, 0) is 30.3 Å². The van der Waals surface area contributed by atoms with Crippen molar-refractivity contribution in [2.45, 2.75) is 6.04 Å². The van der Waals surface area contributed by atoms with E-state index in [0.717, 1.165) is 10.5 Å². The largest absolute Gasteiger partial charge is 0.370 e. The van der Waals surface area contributed by atoms with Crippen LogP contribution in [0.15, 0.2) is 46.9 Å². The molecular weight excluding hydrogens is 347 g/mol. The molecule has 0 heterocycles. The van der Waals surface area contributed by atoms with Crippen LogP contribution in [-0.2, 0) is 4.79 Å². The number of anilines is 1. The van der Waals surface area contributed by atoms with Crippen LogP contribution >= 0.6 is 27.5 Å². The van der Waals surface area contributed by atoms with Gasteiger partial charge < -0.3 is 11.1 Å². The number of halogens is 3. The topological polar surface area (TPSA) is 55.1 Å². The van der Waals surface area contributed by atoms with Crippen LogP contribution in [0, 0.1) is 5.82 Å². The molecule has 0 fully saturated rings. The van der Waals surface area contributed by atoms with E-state index in [-0.39, 0.29) is 5.02 Å². The molecule has 0 aliphatic carbocycles. The molecule has 0 saturated heterocycles. The van der Waals surface area contributed by atoms with Crippen molar-refractivity contribution in [3.63, 3.8) is 0 Å². The van der Waals surface area contributed by atoms with Gasteiger partial charge in [-0.1, -0.05) is 39.7 Å². The second kappa shape index (κ2) is 6.24. The normalized spacial score (nSPS) is 11.9. The number of hydrogen-bond donors (Lipinski definition) is 2. The molecule has 1 amide bonds. The zero-order valence-corrected chi connectivity index (χ0v) is 12.6. The Bertz CT molecular complexity index is 651. The number of nitrogens with one attached hydrogen (secondary N) is 1. The van der Waals surface area contributed by atoms with Crippen molar-refractivity contribution >= 4 is 39.1 Å². The van der Waals surface area contributed by atoms with Crippen LogP contribution < -0.4 is 11.1 Å². The van der Waals surface area contributed by atoms with Gasteiger partial charge in [0.15, 0.2) is 0 Å². The van der Waals surface area contributed by atoms with Gasteiger partial charge in [-0.25, -0.2) is 4.39 Å². The third kappa shape index (κ3) is 3.49. The Morgan fingerprint density at radius 3 is 2.65 bits per heavy atom. The fourth-order valence-corrected chi connectivity index (χ4v) is 2.46. The van der Waals surface area contributed by atoms with Gasteiger partial charge in [-0.3, -0.25) is 4.79 Å². The summed E-state index contributed by atoms with van der Waals surface area (Å²) >= 11 is 9.31. The number of primary amides is 1. The van der Waals surface area contributed by atoms with Crippen LogP contribution in [-0.4, -0.2) is 5.91 Å². The molecule has 0 bridgehead atoms. The van der Waals surface area contributed by atoms with Gasteiger partial charge in [0, 0.05) is 20.7 Å². The van der Waals surface area contributed by atoms with E-state index in [1.165, 1.54) is 12.1 Å². The van der Waals surface area contributed by atoms with Crippen LogP contribution in [0.4, 0.5) is 10.1 Å². The molecule has 104 valence electrons. The maximum absolute atomic E-state index is 13.1. The summed E-state index contributed by atoms with van der Waals surface area (Å²) in [6.07, 6.45) is 0. The second-order valence-corrected chi connectivity index (χ2v) is 5.48. The fraction of sp³-hybridized carbons (Fsp3) is 0.0714. The lowest BCUT2D eigenvalue weighted by Crippen LogP contribution is -2.28. The Balaban J connectivity index is 2.34. The zero-order chi connectivity index (χ0) is 14.7. The summed E-state index contributed by atoms with van der Waals surface area (Å²) < 4.78 is 13.9. The van der Waals surface area contributed by atoms with Gasteiger partial charge >= 0.3 is 0 Å². The molecule has 0 aliphatic heterocycles. The van der Waals surface area contributed by atoms with Gasteiger partial charge in [0.25, 0.3) is 0 Å². The Morgan fingerprint density at radius 1 is 1.30 bits per heavy atom. The van der Waals surface area contributed by atoms with E-state index in [4.69, 9.17) is 17.3 Å². The SMILES string of the molecule is NC(=O)C(Nc1cccc(Br)c1)c1ccc(F)cc1Cl. The molecule has 0 aliphatic rings. The van der Waals surface area contributed by atoms with Crippen LogP contribution in [0.3, 0.4) is 0 Å². The summed E-state index contributed by atoms with van der Waals surface area (Å²) in [5.74, 6) is -1.07. The van der Waals surface area contributed by atoms with Crippen molar-refractivity contribution in [3.05, 3.63) is 63.3 Å². The van der Waals surface area contributed by atoms with Crippen LogP contribution in [0.2, 0.25) is 5.02 Å². The standard InChI is InChI=1S/C14H11BrClFN2O/c15-8-2-1-3-10(6-8)19-13(14(18)20)11-5-4-9(17)7-12(11)16/h1-7,13,19H,(H2,18,20). The highest BCUT2D eigenvalue weighted by molar-refractivity contribution is 9.10. The van der Waals surface area contributed by atoms with Crippen LogP contribution in [0.5, 0.6) is 0 Å². The van der Waals surface area contributed by atoms with E-state index < -0.39 is 17.8 Å². The molecule has 1 unspecified atom stereocenters. The molecule has 0 spiro atoms. The molecular formula is C14H11BrClFN2O. The van der Waals surface area contributed by atoms with E-state index in [1.807, 2.05) is 12.1 Å². The Hall–Kier alpha value is -1.59. The third-order valence-corrected chi connectivity index (χ3v) is 3.51. The van der Waals surface area contributed by atoms with Crippen molar-refractivity contribution in [1.29, 1.82) is 0 Å². The molecule has 1 atom stereocenters. The van der Waals surface area contributed by atoms with Gasteiger partial charge in [-0.15, -0.1) is 0 Å². The maximum Gasteiger partial charge on any atom is 0.244 e. The van der Waals surface area contributed by atoms with E-state index in [9.17, 15) is 9.18 Å². The van der Waals surface area contributed by atoms with E-state index in [1.54, 1.807) is 12.1 Å². The summed E-state index contributed by atoms with van der Waals surface area (Å²) in [5.41, 5.74) is 6.52. The predicted octanol–water partition coefficient (Wildman–Crippen LogP) is 3.88. The molecule has 3 nitrogen and oxygen atoms in total. The highest BCUT2D eigenvalue weighted by Crippen LogP contribution is 2.27. The number of rotatable bonds is 4. The van der Waals surface area contributed by atoms with E-state index in [0.29, 0.717) is 11.3 Å². The van der Waals surface area contributed by atoms with Crippen molar-refractivity contribution in [1.82, 2.24) is 0 Å². The molecule has 0 saturated carbocycles. The first-order chi connectivity index (χ1) is 9.47. The number of carbonyl (C=O) groups excluding carboxylic acids is 1. The molecule has 0 aromatic heterocycles. The third-order valence-electron chi connectivity index (χ3n) is 2.69. The second-order valence-electron chi connectivity index (χ2n) is 4.16. The minimum absolute atomic E-state index is 0.149. The Morgan fingerprint density at radius 2 is 2.05 bits per heavy atom. The van der Waals surface area contributed by atoms with Gasteiger partial charge in [0.2, 0.25) is 5.91 Å². The number of nitrogens with two attached hydrogens (primary N) is 1. The summed E-state index contributed by atoms with van der Waals surface area (Å²) in [6, 6.07) is 10.3. The first kappa shape index (κ1) is 14.8. The minimum atomic E-state index is -0.836. The minimum Gasteiger partial charge on any atom is -0.370 e. The molecule has 2 aromatic carbocycles. The average Bonchev–Trinajstić information content (AvgIpc) is 2.36. The van der Waals surface area contributed by atoms with Crippen molar-refractivity contribution in [2.24, 2.45) is 5.73 Å². The predicted molar refractivity (Wildman–Crippen MR) is 81.1 cm³/mol. The van der Waals surface area contributed by atoms with Crippen molar-refractivity contribution < 1.29 is 9.18 Å². The summed E-state index contributed by atoms with van der Waals surface area (Å²) in [6.45, 7) is 0. The number of carbonyl (C=O) groups is 1. The lowest BCUT2D eigenvalue weighted by molar-refractivity contribution is -0.118. The monoisotopic (exact) mass is 356 g/mol. The van der Waals surface area contributed by atoms with E-state index >= 15 is 0 Å². The van der Waals surface area contributed by atoms with E-state index in [2.05, 4.69) is 21.2 Å². The highest BCUT2D eigenvalue weighted by Gasteiger charge is 2.20. The fourth-order valence-electron chi connectivity index (χ4n) is 1.78. The number of amides is 1. The first-order valence-corrected chi connectivity index (χ1v) is 6.91. The highest BCUT2D eigenvalue weighted by atomic mass is 79.9. The average molecular weight is 358 g/mol. The lowest BCUT2D eigenvalue weighted by atomic mass is 10.1. The molecule has 6 heteroatoms. The smallest absolute Gasteiger partial charge is 0.244 e. The summed E-state index contributed by atoms with van der Waals surface area (Å²) in [7, 11) is 0. The Kier molecular flexibility index (Phi) is 4.62. The van der Waals surface area contributed by atoms with Crippen LogP contribution in [0.25, 0.3) is 0 Å². The molecule has 0 radical (unpaired) electrons. The van der Waals surface area contributed by atoms with Crippen molar-refractivity contribution in [2.75, 3.05) is 5.32 Å². The van der Waals surface area contributed by atoms with Crippen LogP contribution in [0.1, 0.15) is 11.6 Å². The van der Waals surface area contributed by atoms with Gasteiger partial charge in [0.05, 0.1) is 0 Å². The van der Waals surface area contributed by atoms with Gasteiger partial charge in [-0.2, -0.15) is 0 Å². The molecule has 2 aromatic rings. The quantitative estimate of drug-likeness (QED) is 0.872. The number of benzene rings is 2. The molecule has 20 heavy (non-hydrogen) atoms. The summed E-state index contributed by atoms with van der Waals surface area (Å²) in [4.78, 5) is 11.6. The molecule has 3 N–H and O–H groups in total. The lowest BCUT2D eigenvalue weighted by Gasteiger charge is -2.18. The maximum atomic E-state index is 13.1. The summed E-state index contributed by atoms with van der Waals surface area (Å²) in [5, 5.41) is 3.13. The Labute approximate surface area is 129 Å². The molecule has 2 rings (SSSR count). The zero-order valence-electron chi connectivity index (χ0n) is 10.2. The van der Waals surface area contributed by atoms with Gasteiger partial charge in [0.1, 0.15) is 11.9 Å². The van der Waals surface area contributed by atoms with Crippen molar-refractivity contribution in [3.8, 4) is 0 Å². The first-order valence-electron chi connectivity index (χ1n) is 5.74. The number of hydrogen-bond acceptors (Lipinski definition) is 2.